The minimum Gasteiger partial charge on any atom is -0.500 e. The summed E-state index contributed by atoms with van der Waals surface area (Å²) in [6.07, 6.45) is 0.873. The SMILES string of the molecule is COC1=CC(=O)C(O)CC1c1ccccc1. The number of benzene rings is 1. The number of aliphatic hydroxyl groups is 1. The van der Waals surface area contributed by atoms with Gasteiger partial charge in [-0.25, -0.2) is 0 Å². The summed E-state index contributed by atoms with van der Waals surface area (Å²) in [4.78, 5) is 11.3. The van der Waals surface area contributed by atoms with E-state index in [4.69, 9.17) is 4.74 Å². The van der Waals surface area contributed by atoms with Gasteiger partial charge in [0.15, 0.2) is 5.78 Å². The van der Waals surface area contributed by atoms with Crippen molar-refractivity contribution in [1.29, 1.82) is 0 Å². The number of ketones is 1. The Bertz CT molecular complexity index is 408. The first-order chi connectivity index (χ1) is 7.72. The van der Waals surface area contributed by atoms with Gasteiger partial charge < -0.3 is 9.84 Å². The minimum atomic E-state index is -0.913. The zero-order chi connectivity index (χ0) is 11.5. The van der Waals surface area contributed by atoms with Crippen LogP contribution >= 0.6 is 0 Å². The van der Waals surface area contributed by atoms with Crippen LogP contribution in [0.2, 0.25) is 0 Å². The summed E-state index contributed by atoms with van der Waals surface area (Å²) in [7, 11) is 1.55. The van der Waals surface area contributed by atoms with Crippen LogP contribution in [0.15, 0.2) is 42.2 Å². The maximum atomic E-state index is 11.3. The summed E-state index contributed by atoms with van der Waals surface area (Å²) in [5, 5.41) is 9.57. The highest BCUT2D eigenvalue weighted by Gasteiger charge is 2.30. The number of rotatable bonds is 2. The van der Waals surface area contributed by atoms with Gasteiger partial charge in [0.25, 0.3) is 0 Å². The summed E-state index contributed by atoms with van der Waals surface area (Å²) in [6, 6.07) is 9.75. The third-order valence-corrected chi connectivity index (χ3v) is 2.85. The van der Waals surface area contributed by atoms with Crippen LogP contribution < -0.4 is 0 Å². The molecular weight excluding hydrogens is 204 g/mol. The Hall–Kier alpha value is -1.61. The fourth-order valence-electron chi connectivity index (χ4n) is 1.98. The van der Waals surface area contributed by atoms with Crippen molar-refractivity contribution in [3.05, 3.63) is 47.7 Å². The first-order valence-electron chi connectivity index (χ1n) is 5.25. The monoisotopic (exact) mass is 218 g/mol. The number of carbonyl (C=O) groups excluding carboxylic acids is 1. The van der Waals surface area contributed by atoms with Crippen LogP contribution in [0.4, 0.5) is 0 Å². The first kappa shape index (κ1) is 10.9. The zero-order valence-electron chi connectivity index (χ0n) is 9.09. The molecule has 3 nitrogen and oxygen atoms in total. The number of allylic oxidation sites excluding steroid dienone is 1. The van der Waals surface area contributed by atoms with Crippen LogP contribution in [0.3, 0.4) is 0 Å². The summed E-state index contributed by atoms with van der Waals surface area (Å²) in [6.45, 7) is 0. The van der Waals surface area contributed by atoms with E-state index < -0.39 is 6.10 Å². The summed E-state index contributed by atoms with van der Waals surface area (Å²) in [5.74, 6) is 0.324. The second-order valence-corrected chi connectivity index (χ2v) is 3.87. The van der Waals surface area contributed by atoms with Crippen molar-refractivity contribution in [3.63, 3.8) is 0 Å². The number of aliphatic hydroxyl groups excluding tert-OH is 1. The lowest BCUT2D eigenvalue weighted by Gasteiger charge is -2.25. The van der Waals surface area contributed by atoms with E-state index in [0.29, 0.717) is 12.2 Å². The van der Waals surface area contributed by atoms with Crippen molar-refractivity contribution < 1.29 is 14.6 Å². The van der Waals surface area contributed by atoms with Crippen LogP contribution in [-0.2, 0) is 9.53 Å². The van der Waals surface area contributed by atoms with E-state index in [1.807, 2.05) is 30.3 Å². The maximum Gasteiger partial charge on any atom is 0.187 e. The molecule has 0 saturated heterocycles. The van der Waals surface area contributed by atoms with E-state index in [1.165, 1.54) is 6.08 Å². The van der Waals surface area contributed by atoms with Crippen molar-refractivity contribution in [2.24, 2.45) is 0 Å². The largest absolute Gasteiger partial charge is 0.500 e. The fraction of sp³-hybridized carbons (Fsp3) is 0.308. The molecule has 0 bridgehead atoms. The van der Waals surface area contributed by atoms with Crippen molar-refractivity contribution in [2.75, 3.05) is 7.11 Å². The van der Waals surface area contributed by atoms with Gasteiger partial charge in [0.2, 0.25) is 0 Å². The fourth-order valence-corrected chi connectivity index (χ4v) is 1.98. The minimum absolute atomic E-state index is 0.0288. The second-order valence-electron chi connectivity index (χ2n) is 3.87. The molecule has 1 aromatic carbocycles. The van der Waals surface area contributed by atoms with E-state index in [2.05, 4.69) is 0 Å². The van der Waals surface area contributed by atoms with Crippen LogP contribution in [0.1, 0.15) is 17.9 Å². The van der Waals surface area contributed by atoms with Gasteiger partial charge in [-0.2, -0.15) is 0 Å². The van der Waals surface area contributed by atoms with Crippen LogP contribution in [0.5, 0.6) is 0 Å². The zero-order valence-corrected chi connectivity index (χ0v) is 9.09. The summed E-state index contributed by atoms with van der Waals surface area (Å²) >= 11 is 0. The lowest BCUT2D eigenvalue weighted by molar-refractivity contribution is -0.123. The maximum absolute atomic E-state index is 11.3. The molecule has 0 fully saturated rings. The van der Waals surface area contributed by atoms with E-state index >= 15 is 0 Å². The highest BCUT2D eigenvalue weighted by atomic mass is 16.5. The van der Waals surface area contributed by atoms with Crippen molar-refractivity contribution >= 4 is 5.78 Å². The predicted octanol–water partition coefficient (Wildman–Crippen LogP) is 1.63. The first-order valence-corrected chi connectivity index (χ1v) is 5.25. The molecule has 0 spiro atoms. The van der Waals surface area contributed by atoms with E-state index in [1.54, 1.807) is 7.11 Å². The molecule has 0 saturated carbocycles. The standard InChI is InChI=1S/C13H14O3/c1-16-13-8-12(15)11(14)7-10(13)9-5-3-2-4-6-9/h2-6,8,10-11,14H,7H2,1H3. The lowest BCUT2D eigenvalue weighted by Crippen LogP contribution is -2.27. The Morgan fingerprint density at radius 3 is 2.62 bits per heavy atom. The molecule has 3 heteroatoms. The Labute approximate surface area is 94.4 Å². The average molecular weight is 218 g/mol. The molecule has 1 aliphatic carbocycles. The number of carbonyl (C=O) groups is 1. The molecular formula is C13H14O3. The van der Waals surface area contributed by atoms with Crippen molar-refractivity contribution in [3.8, 4) is 0 Å². The Kier molecular flexibility index (Phi) is 3.06. The van der Waals surface area contributed by atoms with Crippen LogP contribution in [-0.4, -0.2) is 24.1 Å². The second kappa shape index (κ2) is 4.49. The van der Waals surface area contributed by atoms with Gasteiger partial charge in [0.05, 0.1) is 7.11 Å². The molecule has 2 unspecified atom stereocenters. The van der Waals surface area contributed by atoms with Crippen molar-refractivity contribution in [2.45, 2.75) is 18.4 Å². The molecule has 16 heavy (non-hydrogen) atoms. The van der Waals surface area contributed by atoms with E-state index in [9.17, 15) is 9.90 Å². The molecule has 0 radical (unpaired) electrons. The molecule has 2 atom stereocenters. The normalized spacial score (nSPS) is 25.1. The lowest BCUT2D eigenvalue weighted by atomic mass is 9.85. The summed E-state index contributed by atoms with van der Waals surface area (Å²) in [5.41, 5.74) is 1.06. The van der Waals surface area contributed by atoms with Gasteiger partial charge in [-0.05, 0) is 12.0 Å². The van der Waals surface area contributed by atoms with Gasteiger partial charge >= 0.3 is 0 Å². The molecule has 2 rings (SSSR count). The highest BCUT2D eigenvalue weighted by Crippen LogP contribution is 2.33. The Balaban J connectivity index is 2.34. The number of ether oxygens (including phenoxy) is 1. The molecule has 84 valence electrons. The molecule has 0 amide bonds. The van der Waals surface area contributed by atoms with Crippen LogP contribution in [0, 0.1) is 0 Å². The molecule has 1 aromatic rings. The quantitative estimate of drug-likeness (QED) is 0.820. The van der Waals surface area contributed by atoms with Gasteiger partial charge in [-0.15, -0.1) is 0 Å². The van der Waals surface area contributed by atoms with Gasteiger partial charge in [-0.3, -0.25) is 4.79 Å². The summed E-state index contributed by atoms with van der Waals surface area (Å²) < 4.78 is 5.21. The molecule has 0 heterocycles. The predicted molar refractivity (Wildman–Crippen MR) is 59.9 cm³/mol. The number of hydrogen-bond acceptors (Lipinski definition) is 3. The van der Waals surface area contributed by atoms with E-state index in [0.717, 1.165) is 5.56 Å². The third-order valence-electron chi connectivity index (χ3n) is 2.85. The Morgan fingerprint density at radius 1 is 1.31 bits per heavy atom. The third kappa shape index (κ3) is 1.99. The van der Waals surface area contributed by atoms with Crippen molar-refractivity contribution in [1.82, 2.24) is 0 Å². The van der Waals surface area contributed by atoms with E-state index in [-0.39, 0.29) is 11.7 Å². The molecule has 1 N–H and O–H groups in total. The van der Waals surface area contributed by atoms with Gasteiger partial charge in [0, 0.05) is 12.0 Å². The number of methoxy groups -OCH3 is 1. The molecule has 0 aliphatic heterocycles. The smallest absolute Gasteiger partial charge is 0.187 e. The van der Waals surface area contributed by atoms with Gasteiger partial charge in [0.1, 0.15) is 11.9 Å². The molecule has 1 aliphatic rings. The average Bonchev–Trinajstić information content (AvgIpc) is 2.33. The van der Waals surface area contributed by atoms with Crippen LogP contribution in [0.25, 0.3) is 0 Å². The topological polar surface area (TPSA) is 46.5 Å². The highest BCUT2D eigenvalue weighted by molar-refractivity contribution is 5.95. The van der Waals surface area contributed by atoms with Gasteiger partial charge in [-0.1, -0.05) is 30.3 Å². The number of hydrogen-bond donors (Lipinski definition) is 1. The molecule has 0 aromatic heterocycles. The Morgan fingerprint density at radius 2 is 2.00 bits per heavy atom.